The Labute approximate surface area is 127 Å². The Morgan fingerprint density at radius 2 is 2.21 bits per heavy atom. The number of carbonyl (C=O) groups excluding carboxylic acids is 1. The van der Waals surface area contributed by atoms with Gasteiger partial charge >= 0.3 is 0 Å². The third-order valence-electron chi connectivity index (χ3n) is 3.78. The molecule has 2 aliphatic rings. The van der Waals surface area contributed by atoms with Crippen LogP contribution in [0.5, 0.6) is 0 Å². The third kappa shape index (κ3) is 5.08. The molecule has 0 aromatic carbocycles. The molecular formula is C12H25Cl2N3O2. The average molecular weight is 314 g/mol. The van der Waals surface area contributed by atoms with Crippen LogP contribution in [0, 0.1) is 0 Å². The second-order valence-corrected chi connectivity index (χ2v) is 5.03. The van der Waals surface area contributed by atoms with E-state index >= 15 is 0 Å². The van der Waals surface area contributed by atoms with E-state index in [2.05, 4.69) is 22.6 Å². The molecule has 2 aliphatic heterocycles. The van der Waals surface area contributed by atoms with Crippen LogP contribution in [-0.2, 0) is 9.53 Å². The molecule has 5 nitrogen and oxygen atoms in total. The molecule has 1 amide bonds. The third-order valence-corrected chi connectivity index (χ3v) is 3.78. The normalized spacial score (nSPS) is 31.2. The van der Waals surface area contributed by atoms with Crippen molar-refractivity contribution in [2.24, 2.45) is 0 Å². The molecular weight excluding hydrogens is 289 g/mol. The van der Waals surface area contributed by atoms with Gasteiger partial charge in [0.05, 0.1) is 12.7 Å². The smallest absolute Gasteiger partial charge is 0.239 e. The maximum absolute atomic E-state index is 12.0. The lowest BCUT2D eigenvalue weighted by Gasteiger charge is -2.30. The molecule has 1 unspecified atom stereocenters. The van der Waals surface area contributed by atoms with Crippen molar-refractivity contribution in [3.63, 3.8) is 0 Å². The number of nitrogens with one attached hydrogen (secondary N) is 2. The summed E-state index contributed by atoms with van der Waals surface area (Å²) in [5, 5.41) is 6.24. The molecule has 2 saturated heterocycles. The minimum absolute atomic E-state index is 0. The summed E-state index contributed by atoms with van der Waals surface area (Å²) >= 11 is 0. The van der Waals surface area contributed by atoms with Crippen molar-refractivity contribution >= 4 is 30.7 Å². The summed E-state index contributed by atoms with van der Waals surface area (Å²) in [7, 11) is 2.12. The Morgan fingerprint density at radius 1 is 1.47 bits per heavy atom. The van der Waals surface area contributed by atoms with Gasteiger partial charge < -0.3 is 20.3 Å². The molecule has 114 valence electrons. The van der Waals surface area contributed by atoms with Crippen molar-refractivity contribution in [2.75, 3.05) is 33.3 Å². The van der Waals surface area contributed by atoms with E-state index in [0.29, 0.717) is 12.6 Å². The van der Waals surface area contributed by atoms with E-state index < -0.39 is 0 Å². The van der Waals surface area contributed by atoms with Crippen LogP contribution in [0.4, 0.5) is 0 Å². The summed E-state index contributed by atoms with van der Waals surface area (Å²) in [6, 6.07) is 0.300. The van der Waals surface area contributed by atoms with E-state index in [4.69, 9.17) is 4.74 Å². The summed E-state index contributed by atoms with van der Waals surface area (Å²) in [6.07, 6.45) is 2.38. The number of halogens is 2. The molecule has 19 heavy (non-hydrogen) atoms. The summed E-state index contributed by atoms with van der Waals surface area (Å²) < 4.78 is 5.47. The Kier molecular flexibility index (Phi) is 8.94. The number of likely N-dealkylation sites (N-methyl/N-ethyl adjacent to an activating group) is 1. The van der Waals surface area contributed by atoms with Crippen molar-refractivity contribution in [2.45, 2.75) is 38.0 Å². The highest BCUT2D eigenvalue weighted by Gasteiger charge is 2.29. The number of hydrogen-bond donors (Lipinski definition) is 2. The minimum atomic E-state index is -0.199. The van der Waals surface area contributed by atoms with Crippen LogP contribution < -0.4 is 10.6 Å². The lowest BCUT2D eigenvalue weighted by Crippen LogP contribution is -2.56. The maximum Gasteiger partial charge on any atom is 0.239 e. The summed E-state index contributed by atoms with van der Waals surface area (Å²) in [5.74, 6) is 0.0671. The van der Waals surface area contributed by atoms with Gasteiger partial charge in [-0.1, -0.05) is 0 Å². The van der Waals surface area contributed by atoms with Crippen molar-refractivity contribution in [1.29, 1.82) is 0 Å². The van der Waals surface area contributed by atoms with E-state index in [1.165, 1.54) is 12.8 Å². The number of ether oxygens (including phenoxy) is 1. The summed E-state index contributed by atoms with van der Waals surface area (Å²) in [6.45, 7) is 5.28. The Hall–Kier alpha value is -0.0700. The van der Waals surface area contributed by atoms with E-state index in [-0.39, 0.29) is 42.9 Å². The lowest BCUT2D eigenvalue weighted by atomic mass is 10.1. The number of rotatable bonds is 3. The molecule has 0 spiro atoms. The highest BCUT2D eigenvalue weighted by molar-refractivity contribution is 5.85. The lowest BCUT2D eigenvalue weighted by molar-refractivity contribution is -0.129. The number of likely N-dealkylation sites (tertiary alicyclic amines) is 1. The molecule has 0 aromatic heterocycles. The first-order valence-corrected chi connectivity index (χ1v) is 6.51. The Balaban J connectivity index is 0.00000162. The van der Waals surface area contributed by atoms with Gasteiger partial charge in [-0.15, -0.1) is 24.8 Å². The average Bonchev–Trinajstić information content (AvgIpc) is 2.72. The second-order valence-electron chi connectivity index (χ2n) is 5.03. The van der Waals surface area contributed by atoms with Gasteiger partial charge in [-0.25, -0.2) is 0 Å². The van der Waals surface area contributed by atoms with Gasteiger partial charge in [0, 0.05) is 19.1 Å². The molecule has 0 radical (unpaired) electrons. The SMILES string of the molecule is C[C@H]1OCCN[C@@H]1C(=O)NCC1CCCN1C.Cl.Cl. The first-order valence-electron chi connectivity index (χ1n) is 6.51. The monoisotopic (exact) mass is 313 g/mol. The number of nitrogens with zero attached hydrogens (tertiary/aromatic N) is 1. The summed E-state index contributed by atoms with van der Waals surface area (Å²) in [4.78, 5) is 14.3. The van der Waals surface area contributed by atoms with Gasteiger partial charge in [-0.05, 0) is 33.4 Å². The van der Waals surface area contributed by atoms with E-state index in [1.54, 1.807) is 0 Å². The molecule has 2 rings (SSSR count). The standard InChI is InChI=1S/C12H23N3O2.2ClH/c1-9-11(13-5-7-17-9)12(16)14-8-10-4-3-6-15(10)2;;/h9-11,13H,3-8H2,1-2H3,(H,14,16);2*1H/t9-,10?,11+;;/m1../s1. The fourth-order valence-corrected chi connectivity index (χ4v) is 2.59. The molecule has 7 heteroatoms. The van der Waals surface area contributed by atoms with E-state index in [0.717, 1.165) is 19.6 Å². The van der Waals surface area contributed by atoms with E-state index in [1.807, 2.05) is 6.92 Å². The fraction of sp³-hybridized carbons (Fsp3) is 0.917. The molecule has 2 N–H and O–H groups in total. The molecule has 0 aromatic rings. The quantitative estimate of drug-likeness (QED) is 0.793. The Bertz CT molecular complexity index is 282. The molecule has 2 fully saturated rings. The predicted octanol–water partition coefficient (Wildman–Crippen LogP) is 0.417. The van der Waals surface area contributed by atoms with Gasteiger partial charge in [0.25, 0.3) is 0 Å². The largest absolute Gasteiger partial charge is 0.375 e. The van der Waals surface area contributed by atoms with Crippen LogP contribution in [0.2, 0.25) is 0 Å². The first kappa shape index (κ1) is 18.9. The molecule has 2 heterocycles. The van der Waals surface area contributed by atoms with E-state index in [9.17, 15) is 4.79 Å². The van der Waals surface area contributed by atoms with Crippen molar-refractivity contribution in [1.82, 2.24) is 15.5 Å². The van der Waals surface area contributed by atoms with Gasteiger partial charge in [-0.2, -0.15) is 0 Å². The number of morpholine rings is 1. The zero-order chi connectivity index (χ0) is 12.3. The molecule has 0 saturated carbocycles. The zero-order valence-electron chi connectivity index (χ0n) is 11.6. The van der Waals surface area contributed by atoms with Crippen LogP contribution in [0.3, 0.4) is 0 Å². The van der Waals surface area contributed by atoms with Gasteiger partial charge in [0.1, 0.15) is 6.04 Å². The van der Waals surface area contributed by atoms with Crippen LogP contribution >= 0.6 is 24.8 Å². The van der Waals surface area contributed by atoms with Crippen molar-refractivity contribution < 1.29 is 9.53 Å². The Morgan fingerprint density at radius 3 is 2.79 bits per heavy atom. The van der Waals surface area contributed by atoms with Gasteiger partial charge in [0.2, 0.25) is 5.91 Å². The number of carbonyl (C=O) groups is 1. The van der Waals surface area contributed by atoms with Gasteiger partial charge in [0.15, 0.2) is 0 Å². The minimum Gasteiger partial charge on any atom is -0.375 e. The van der Waals surface area contributed by atoms with Crippen LogP contribution in [0.1, 0.15) is 19.8 Å². The van der Waals surface area contributed by atoms with Crippen LogP contribution in [0.15, 0.2) is 0 Å². The van der Waals surface area contributed by atoms with Crippen LogP contribution in [-0.4, -0.2) is 62.3 Å². The van der Waals surface area contributed by atoms with Crippen molar-refractivity contribution in [3.8, 4) is 0 Å². The van der Waals surface area contributed by atoms with Gasteiger partial charge in [-0.3, -0.25) is 4.79 Å². The zero-order valence-corrected chi connectivity index (χ0v) is 13.2. The topological polar surface area (TPSA) is 53.6 Å². The molecule has 0 aliphatic carbocycles. The molecule has 3 atom stereocenters. The molecule has 0 bridgehead atoms. The van der Waals surface area contributed by atoms with Crippen LogP contribution in [0.25, 0.3) is 0 Å². The number of hydrogen-bond acceptors (Lipinski definition) is 4. The highest BCUT2D eigenvalue weighted by atomic mass is 35.5. The highest BCUT2D eigenvalue weighted by Crippen LogP contribution is 2.13. The summed E-state index contributed by atoms with van der Waals surface area (Å²) in [5.41, 5.74) is 0. The second kappa shape index (κ2) is 8.97. The predicted molar refractivity (Wildman–Crippen MR) is 80.4 cm³/mol. The first-order chi connectivity index (χ1) is 8.18. The van der Waals surface area contributed by atoms with Crippen molar-refractivity contribution in [3.05, 3.63) is 0 Å². The fourth-order valence-electron chi connectivity index (χ4n) is 2.59. The maximum atomic E-state index is 12.0. The number of amides is 1.